The van der Waals surface area contributed by atoms with Gasteiger partial charge in [-0.3, -0.25) is 9.80 Å². The van der Waals surface area contributed by atoms with E-state index in [0.717, 1.165) is 26.2 Å². The van der Waals surface area contributed by atoms with E-state index < -0.39 is 6.09 Å². The number of amides is 1. The third-order valence-corrected chi connectivity index (χ3v) is 5.59. The van der Waals surface area contributed by atoms with E-state index in [1.54, 1.807) is 0 Å². The highest BCUT2D eigenvalue weighted by molar-refractivity contribution is 5.65. The van der Waals surface area contributed by atoms with Gasteiger partial charge in [0.05, 0.1) is 6.04 Å². The monoisotopic (exact) mass is 351 g/mol. The first-order chi connectivity index (χ1) is 12.7. The number of likely N-dealkylation sites (tertiary alicyclic amines) is 1. The van der Waals surface area contributed by atoms with Crippen molar-refractivity contribution < 1.29 is 9.90 Å². The average molecular weight is 351 g/mol. The van der Waals surface area contributed by atoms with Crippen molar-refractivity contribution in [3.8, 4) is 0 Å². The zero-order valence-electron chi connectivity index (χ0n) is 14.9. The molecule has 0 aliphatic carbocycles. The largest absolute Gasteiger partial charge is 0.465 e. The van der Waals surface area contributed by atoms with E-state index in [1.807, 2.05) is 0 Å². The van der Waals surface area contributed by atoms with E-state index in [-0.39, 0.29) is 6.04 Å². The molecule has 2 aromatic rings. The summed E-state index contributed by atoms with van der Waals surface area (Å²) in [5, 5.41) is 9.10. The molecule has 0 spiro atoms. The molecule has 0 bridgehead atoms. The second-order valence-electron chi connectivity index (χ2n) is 7.14. The Morgan fingerprint density at radius 2 is 1.35 bits per heavy atom. The lowest BCUT2D eigenvalue weighted by molar-refractivity contribution is -0.00701. The summed E-state index contributed by atoms with van der Waals surface area (Å²) in [5.74, 6) is 0. The lowest BCUT2D eigenvalue weighted by atomic mass is 9.92. The van der Waals surface area contributed by atoms with Gasteiger partial charge < -0.3 is 10.0 Å². The molecule has 1 N–H and O–H groups in total. The molecular weight excluding hydrogens is 326 g/mol. The van der Waals surface area contributed by atoms with Gasteiger partial charge in [-0.25, -0.2) is 4.79 Å². The molecule has 4 rings (SSSR count). The molecule has 2 aromatic carbocycles. The predicted octanol–water partition coefficient (Wildman–Crippen LogP) is 2.76. The van der Waals surface area contributed by atoms with E-state index in [4.69, 9.17) is 5.11 Å². The van der Waals surface area contributed by atoms with E-state index in [0.29, 0.717) is 19.1 Å². The number of carboxylic acid groups (broad SMARTS) is 1. The molecule has 2 aliphatic heterocycles. The van der Waals surface area contributed by atoms with Crippen molar-refractivity contribution in [3.63, 3.8) is 0 Å². The standard InChI is InChI=1S/C21H25N3O2/c25-21(26)23-13-11-22(12-14-23)19-15-24(16-19)20(17-7-3-1-4-8-17)18-9-5-2-6-10-18/h1-10,19-20H,11-16H2,(H,25,26). The second-order valence-corrected chi connectivity index (χ2v) is 7.14. The molecule has 0 unspecified atom stereocenters. The van der Waals surface area contributed by atoms with Crippen molar-refractivity contribution in [3.05, 3.63) is 71.8 Å². The van der Waals surface area contributed by atoms with E-state index >= 15 is 0 Å². The van der Waals surface area contributed by atoms with Gasteiger partial charge in [-0.15, -0.1) is 0 Å². The molecule has 0 atom stereocenters. The van der Waals surface area contributed by atoms with Gasteiger partial charge in [0, 0.05) is 45.3 Å². The minimum Gasteiger partial charge on any atom is -0.465 e. The maximum Gasteiger partial charge on any atom is 0.407 e. The molecule has 2 aliphatic rings. The van der Waals surface area contributed by atoms with E-state index in [9.17, 15) is 4.79 Å². The van der Waals surface area contributed by atoms with Crippen molar-refractivity contribution in [2.45, 2.75) is 12.1 Å². The summed E-state index contributed by atoms with van der Waals surface area (Å²) in [6, 6.07) is 22.2. The molecule has 0 aromatic heterocycles. The quantitative estimate of drug-likeness (QED) is 0.920. The number of hydrogen-bond donors (Lipinski definition) is 1. The van der Waals surface area contributed by atoms with Gasteiger partial charge in [-0.05, 0) is 11.1 Å². The van der Waals surface area contributed by atoms with Crippen LogP contribution in [0.2, 0.25) is 0 Å². The van der Waals surface area contributed by atoms with Gasteiger partial charge in [0.15, 0.2) is 0 Å². The normalized spacial score (nSPS) is 19.5. The maximum atomic E-state index is 11.1. The number of benzene rings is 2. The molecule has 2 fully saturated rings. The number of carbonyl (C=O) groups is 1. The summed E-state index contributed by atoms with van der Waals surface area (Å²) in [7, 11) is 0. The van der Waals surface area contributed by atoms with Gasteiger partial charge in [-0.1, -0.05) is 60.7 Å². The highest BCUT2D eigenvalue weighted by Gasteiger charge is 2.38. The lowest BCUT2D eigenvalue weighted by Gasteiger charge is -2.50. The number of piperazine rings is 1. The second kappa shape index (κ2) is 7.48. The summed E-state index contributed by atoms with van der Waals surface area (Å²) in [6.07, 6.45) is -0.798. The van der Waals surface area contributed by atoms with Crippen molar-refractivity contribution in [2.24, 2.45) is 0 Å². The van der Waals surface area contributed by atoms with E-state index in [2.05, 4.69) is 70.5 Å². The molecule has 5 nitrogen and oxygen atoms in total. The van der Waals surface area contributed by atoms with Crippen LogP contribution in [0.25, 0.3) is 0 Å². The number of hydrogen-bond acceptors (Lipinski definition) is 3. The van der Waals surface area contributed by atoms with Crippen LogP contribution in [0.3, 0.4) is 0 Å². The molecule has 1 amide bonds. The minimum absolute atomic E-state index is 0.286. The molecule has 5 heteroatoms. The van der Waals surface area contributed by atoms with Crippen LogP contribution in [0.4, 0.5) is 4.79 Å². The van der Waals surface area contributed by atoms with Crippen molar-refractivity contribution in [1.82, 2.24) is 14.7 Å². The van der Waals surface area contributed by atoms with Gasteiger partial charge >= 0.3 is 6.09 Å². The maximum absolute atomic E-state index is 11.1. The zero-order valence-corrected chi connectivity index (χ0v) is 14.9. The van der Waals surface area contributed by atoms with Crippen LogP contribution in [0, 0.1) is 0 Å². The first kappa shape index (κ1) is 17.1. The molecule has 0 radical (unpaired) electrons. The van der Waals surface area contributed by atoms with Crippen molar-refractivity contribution >= 4 is 6.09 Å². The Bertz CT molecular complexity index is 684. The molecule has 2 saturated heterocycles. The predicted molar refractivity (Wildman–Crippen MR) is 101 cm³/mol. The Morgan fingerprint density at radius 1 is 0.846 bits per heavy atom. The first-order valence-corrected chi connectivity index (χ1v) is 9.28. The number of rotatable bonds is 4. The Balaban J connectivity index is 1.43. The lowest BCUT2D eigenvalue weighted by Crippen LogP contribution is -2.63. The fourth-order valence-electron chi connectivity index (χ4n) is 4.09. The van der Waals surface area contributed by atoms with Crippen LogP contribution in [-0.4, -0.2) is 71.2 Å². The molecule has 0 saturated carbocycles. The molecular formula is C21H25N3O2. The van der Waals surface area contributed by atoms with E-state index in [1.165, 1.54) is 16.0 Å². The zero-order chi connectivity index (χ0) is 17.9. The summed E-state index contributed by atoms with van der Waals surface area (Å²) < 4.78 is 0. The summed E-state index contributed by atoms with van der Waals surface area (Å²) in [4.78, 5) is 17.6. The van der Waals surface area contributed by atoms with Crippen LogP contribution >= 0.6 is 0 Å². The van der Waals surface area contributed by atoms with Gasteiger partial charge in [0.2, 0.25) is 0 Å². The topological polar surface area (TPSA) is 47.0 Å². The Kier molecular flexibility index (Phi) is 4.91. The Labute approximate surface area is 154 Å². The van der Waals surface area contributed by atoms with Crippen LogP contribution in [0.15, 0.2) is 60.7 Å². The van der Waals surface area contributed by atoms with Gasteiger partial charge in [0.25, 0.3) is 0 Å². The summed E-state index contributed by atoms with van der Waals surface area (Å²) in [5.41, 5.74) is 2.65. The van der Waals surface area contributed by atoms with Crippen molar-refractivity contribution in [1.29, 1.82) is 0 Å². The third-order valence-electron chi connectivity index (χ3n) is 5.59. The summed E-state index contributed by atoms with van der Waals surface area (Å²) >= 11 is 0. The highest BCUT2D eigenvalue weighted by Crippen LogP contribution is 2.33. The van der Waals surface area contributed by atoms with Crippen LogP contribution < -0.4 is 0 Å². The molecule has 26 heavy (non-hydrogen) atoms. The molecule has 2 heterocycles. The van der Waals surface area contributed by atoms with Gasteiger partial charge in [0.1, 0.15) is 0 Å². The Hall–Kier alpha value is -2.37. The molecule has 136 valence electrons. The van der Waals surface area contributed by atoms with Gasteiger partial charge in [-0.2, -0.15) is 0 Å². The fraction of sp³-hybridized carbons (Fsp3) is 0.381. The van der Waals surface area contributed by atoms with Crippen LogP contribution in [0.1, 0.15) is 17.2 Å². The highest BCUT2D eigenvalue weighted by atomic mass is 16.4. The van der Waals surface area contributed by atoms with Crippen molar-refractivity contribution in [2.75, 3.05) is 39.3 Å². The minimum atomic E-state index is -0.798. The average Bonchev–Trinajstić information content (AvgIpc) is 2.66. The Morgan fingerprint density at radius 3 is 1.81 bits per heavy atom. The van der Waals surface area contributed by atoms with Crippen LogP contribution in [0.5, 0.6) is 0 Å². The summed E-state index contributed by atoms with van der Waals surface area (Å²) in [6.45, 7) is 4.97. The fourth-order valence-corrected chi connectivity index (χ4v) is 4.09. The van der Waals surface area contributed by atoms with Crippen LogP contribution in [-0.2, 0) is 0 Å². The SMILES string of the molecule is O=C(O)N1CCN(C2CN(C(c3ccccc3)c3ccccc3)C2)CC1. The first-order valence-electron chi connectivity index (χ1n) is 9.28. The smallest absolute Gasteiger partial charge is 0.407 e. The number of nitrogens with zero attached hydrogens (tertiary/aromatic N) is 3. The third kappa shape index (κ3) is 3.45.